The van der Waals surface area contributed by atoms with Gasteiger partial charge in [-0.15, -0.1) is 11.3 Å². The fourth-order valence-corrected chi connectivity index (χ4v) is 5.17. The number of nitrogens with zero attached hydrogens (tertiary/aromatic N) is 2. The molecule has 138 valence electrons. The van der Waals surface area contributed by atoms with Crippen molar-refractivity contribution in [2.24, 2.45) is 10.6 Å². The SMILES string of the molecule is CC1(C)CC(=NO)c2sc(-c3ccncc3)cc2C1(O)c1ccc(Cl)cc1. The van der Waals surface area contributed by atoms with E-state index in [2.05, 4.69) is 10.1 Å². The lowest BCUT2D eigenvalue weighted by atomic mass is 9.61. The molecule has 0 amide bonds. The summed E-state index contributed by atoms with van der Waals surface area (Å²) in [5.74, 6) is 0. The summed E-state index contributed by atoms with van der Waals surface area (Å²) in [5, 5.41) is 25.8. The van der Waals surface area contributed by atoms with Gasteiger partial charge in [0, 0.05) is 39.7 Å². The molecular weight excluding hydrogens is 380 g/mol. The molecule has 1 aliphatic rings. The molecule has 27 heavy (non-hydrogen) atoms. The van der Waals surface area contributed by atoms with Crippen molar-refractivity contribution in [3.63, 3.8) is 0 Å². The molecule has 0 aliphatic heterocycles. The maximum Gasteiger partial charge on any atom is 0.122 e. The Hall–Kier alpha value is -2.21. The van der Waals surface area contributed by atoms with Crippen molar-refractivity contribution in [1.82, 2.24) is 4.98 Å². The largest absolute Gasteiger partial charge is 0.411 e. The van der Waals surface area contributed by atoms with Gasteiger partial charge in [0.25, 0.3) is 0 Å². The lowest BCUT2D eigenvalue weighted by molar-refractivity contribution is -0.0360. The zero-order valence-electron chi connectivity index (χ0n) is 15.0. The van der Waals surface area contributed by atoms with E-state index in [0.717, 1.165) is 26.4 Å². The lowest BCUT2D eigenvalue weighted by Gasteiger charge is -2.46. The van der Waals surface area contributed by atoms with E-state index in [9.17, 15) is 10.3 Å². The van der Waals surface area contributed by atoms with Crippen LogP contribution in [0.2, 0.25) is 5.02 Å². The van der Waals surface area contributed by atoms with Gasteiger partial charge in [-0.25, -0.2) is 0 Å². The van der Waals surface area contributed by atoms with E-state index < -0.39 is 11.0 Å². The van der Waals surface area contributed by atoms with Gasteiger partial charge in [-0.3, -0.25) is 4.98 Å². The van der Waals surface area contributed by atoms with Crippen LogP contribution < -0.4 is 0 Å². The summed E-state index contributed by atoms with van der Waals surface area (Å²) in [4.78, 5) is 5.87. The highest BCUT2D eigenvalue weighted by atomic mass is 35.5. The monoisotopic (exact) mass is 398 g/mol. The fourth-order valence-electron chi connectivity index (χ4n) is 3.84. The van der Waals surface area contributed by atoms with Crippen molar-refractivity contribution in [3.05, 3.63) is 75.9 Å². The van der Waals surface area contributed by atoms with E-state index in [1.807, 2.05) is 44.2 Å². The minimum absolute atomic E-state index is 0.450. The summed E-state index contributed by atoms with van der Waals surface area (Å²) in [5.41, 5.74) is 1.33. The molecule has 6 heteroatoms. The van der Waals surface area contributed by atoms with Gasteiger partial charge in [-0.2, -0.15) is 0 Å². The Bertz CT molecular complexity index is 1010. The number of aliphatic hydroxyl groups is 1. The van der Waals surface area contributed by atoms with E-state index in [1.165, 1.54) is 11.3 Å². The number of rotatable bonds is 2. The molecule has 0 radical (unpaired) electrons. The van der Waals surface area contributed by atoms with Gasteiger partial charge in [0.15, 0.2) is 0 Å². The lowest BCUT2D eigenvalue weighted by Crippen LogP contribution is -2.48. The molecule has 1 aliphatic carbocycles. The Morgan fingerprint density at radius 3 is 2.41 bits per heavy atom. The average molecular weight is 399 g/mol. The number of oxime groups is 1. The van der Waals surface area contributed by atoms with Crippen molar-refractivity contribution in [1.29, 1.82) is 0 Å². The molecule has 4 rings (SSSR count). The predicted octanol–water partition coefficient (Wildman–Crippen LogP) is 5.31. The number of hydrogen-bond donors (Lipinski definition) is 2. The highest BCUT2D eigenvalue weighted by molar-refractivity contribution is 7.17. The number of halogens is 1. The first-order chi connectivity index (χ1) is 12.9. The van der Waals surface area contributed by atoms with Gasteiger partial charge in [0.05, 0.1) is 10.6 Å². The number of hydrogen-bond acceptors (Lipinski definition) is 5. The van der Waals surface area contributed by atoms with Crippen molar-refractivity contribution >= 4 is 28.6 Å². The van der Waals surface area contributed by atoms with Crippen molar-refractivity contribution in [2.45, 2.75) is 25.9 Å². The minimum atomic E-state index is -1.23. The fraction of sp³-hybridized carbons (Fsp3) is 0.238. The Morgan fingerprint density at radius 1 is 1.11 bits per heavy atom. The van der Waals surface area contributed by atoms with Crippen LogP contribution in [0.5, 0.6) is 0 Å². The number of pyridine rings is 1. The van der Waals surface area contributed by atoms with Crippen LogP contribution in [0.25, 0.3) is 10.4 Å². The molecule has 0 fully saturated rings. The van der Waals surface area contributed by atoms with E-state index in [4.69, 9.17) is 11.6 Å². The summed E-state index contributed by atoms with van der Waals surface area (Å²) in [6, 6.07) is 13.2. The second kappa shape index (κ2) is 6.44. The Balaban J connectivity index is 1.98. The van der Waals surface area contributed by atoms with Crippen LogP contribution in [0.15, 0.2) is 60.0 Å². The highest BCUT2D eigenvalue weighted by Gasteiger charge is 2.52. The third kappa shape index (κ3) is 2.78. The van der Waals surface area contributed by atoms with E-state index >= 15 is 0 Å². The first-order valence-corrected chi connectivity index (χ1v) is 9.81. The molecule has 3 aromatic rings. The van der Waals surface area contributed by atoms with Gasteiger partial charge in [-0.05, 0) is 41.5 Å². The molecule has 2 N–H and O–H groups in total. The van der Waals surface area contributed by atoms with Crippen LogP contribution >= 0.6 is 22.9 Å². The topological polar surface area (TPSA) is 65.7 Å². The molecular formula is C21H19ClN2O2S. The van der Waals surface area contributed by atoms with Gasteiger partial charge in [-0.1, -0.05) is 42.7 Å². The van der Waals surface area contributed by atoms with Crippen LogP contribution in [0.3, 0.4) is 0 Å². The molecule has 0 saturated heterocycles. The van der Waals surface area contributed by atoms with Gasteiger partial charge in [0.1, 0.15) is 5.60 Å². The average Bonchev–Trinajstić information content (AvgIpc) is 3.12. The van der Waals surface area contributed by atoms with Gasteiger partial charge < -0.3 is 10.3 Å². The third-order valence-electron chi connectivity index (χ3n) is 5.32. The molecule has 1 aromatic carbocycles. The van der Waals surface area contributed by atoms with Crippen LogP contribution in [-0.2, 0) is 5.60 Å². The molecule has 2 aromatic heterocycles. The molecule has 4 nitrogen and oxygen atoms in total. The van der Waals surface area contributed by atoms with Gasteiger partial charge in [0.2, 0.25) is 0 Å². The van der Waals surface area contributed by atoms with Crippen LogP contribution in [-0.4, -0.2) is 21.0 Å². The summed E-state index contributed by atoms with van der Waals surface area (Å²) in [6.45, 7) is 3.97. The van der Waals surface area contributed by atoms with Crippen molar-refractivity contribution < 1.29 is 10.3 Å². The van der Waals surface area contributed by atoms with E-state index in [0.29, 0.717) is 17.2 Å². The highest BCUT2D eigenvalue weighted by Crippen LogP contribution is 2.55. The molecule has 0 bridgehead atoms. The Morgan fingerprint density at radius 2 is 1.78 bits per heavy atom. The normalized spacial score (nSPS) is 22.6. The van der Waals surface area contributed by atoms with E-state index in [-0.39, 0.29) is 0 Å². The summed E-state index contributed by atoms with van der Waals surface area (Å²) in [6.07, 6.45) is 3.93. The number of aromatic nitrogens is 1. The Labute approximate surface area is 166 Å². The first kappa shape index (κ1) is 18.2. The summed E-state index contributed by atoms with van der Waals surface area (Å²) >= 11 is 7.58. The zero-order valence-corrected chi connectivity index (χ0v) is 16.6. The first-order valence-electron chi connectivity index (χ1n) is 8.61. The number of benzene rings is 1. The zero-order chi connectivity index (χ0) is 19.2. The number of fused-ring (bicyclic) bond motifs is 1. The smallest absolute Gasteiger partial charge is 0.122 e. The predicted molar refractivity (Wildman–Crippen MR) is 109 cm³/mol. The molecule has 0 spiro atoms. The second-order valence-electron chi connectivity index (χ2n) is 7.41. The molecule has 1 unspecified atom stereocenters. The van der Waals surface area contributed by atoms with Crippen molar-refractivity contribution in [2.75, 3.05) is 0 Å². The standard InChI is InChI=1S/C21H19ClN2O2S/c1-20(2)12-17(24-26)19-16(11-18(27-19)13-7-9-23-10-8-13)21(20,25)14-3-5-15(22)6-4-14/h3-11,25-26H,12H2,1-2H3. The third-order valence-corrected chi connectivity index (χ3v) is 6.81. The molecule has 2 heterocycles. The number of thiophene rings is 1. The van der Waals surface area contributed by atoms with Crippen LogP contribution in [0.4, 0.5) is 0 Å². The Kier molecular flexibility index (Phi) is 4.34. The quantitative estimate of drug-likeness (QED) is 0.454. The van der Waals surface area contributed by atoms with Crippen molar-refractivity contribution in [3.8, 4) is 10.4 Å². The van der Waals surface area contributed by atoms with Crippen LogP contribution in [0, 0.1) is 5.41 Å². The van der Waals surface area contributed by atoms with E-state index in [1.54, 1.807) is 24.5 Å². The maximum atomic E-state index is 12.0. The second-order valence-corrected chi connectivity index (χ2v) is 8.90. The minimum Gasteiger partial charge on any atom is -0.411 e. The molecule has 0 saturated carbocycles. The van der Waals surface area contributed by atoms with Gasteiger partial charge >= 0.3 is 0 Å². The molecule has 1 atom stereocenters. The summed E-state index contributed by atoms with van der Waals surface area (Å²) in [7, 11) is 0. The maximum absolute atomic E-state index is 12.0. The van der Waals surface area contributed by atoms with Crippen LogP contribution in [0.1, 0.15) is 36.3 Å². The summed E-state index contributed by atoms with van der Waals surface area (Å²) < 4.78 is 0.